The zero-order chi connectivity index (χ0) is 15.9. The molecule has 0 bridgehead atoms. The van der Waals surface area contributed by atoms with Crippen molar-refractivity contribution < 1.29 is 14.7 Å². The lowest BCUT2D eigenvalue weighted by atomic mass is 10.00. The van der Waals surface area contributed by atoms with Gasteiger partial charge in [-0.1, -0.05) is 11.8 Å². The van der Waals surface area contributed by atoms with Crippen molar-refractivity contribution in [1.29, 1.82) is 0 Å². The Morgan fingerprint density at radius 2 is 2.14 bits per heavy atom. The van der Waals surface area contributed by atoms with Gasteiger partial charge in [0.15, 0.2) is 0 Å². The van der Waals surface area contributed by atoms with Crippen LogP contribution in [-0.4, -0.2) is 34.1 Å². The molecule has 0 aliphatic carbocycles. The number of carbonyl (C=O) groups excluding carboxylic acids is 2. The fourth-order valence-electron chi connectivity index (χ4n) is 1.67. The van der Waals surface area contributed by atoms with Crippen molar-refractivity contribution in [2.45, 2.75) is 32.2 Å². The Morgan fingerprint density at radius 3 is 2.67 bits per heavy atom. The molecule has 0 atom stereocenters. The van der Waals surface area contributed by atoms with E-state index in [2.05, 4.69) is 22.1 Å². The molecule has 0 aliphatic heterocycles. The first-order chi connectivity index (χ1) is 9.84. The molecule has 0 spiro atoms. The third-order valence-corrected chi connectivity index (χ3v) is 2.53. The molecular weight excluding hydrogens is 270 g/mol. The number of amides is 2. The molecule has 1 heterocycles. The van der Waals surface area contributed by atoms with Gasteiger partial charge < -0.3 is 16.2 Å². The molecule has 21 heavy (non-hydrogen) atoms. The van der Waals surface area contributed by atoms with Crippen molar-refractivity contribution >= 4 is 11.8 Å². The smallest absolute Gasteiger partial charge is 0.270 e. The predicted octanol–water partition coefficient (Wildman–Crippen LogP) is 0.199. The Hall–Kier alpha value is -2.39. The maximum atomic E-state index is 12.0. The Balaban J connectivity index is 2.72. The van der Waals surface area contributed by atoms with Crippen molar-refractivity contribution in [2.24, 2.45) is 5.73 Å². The maximum absolute atomic E-state index is 12.0. The van der Waals surface area contributed by atoms with Gasteiger partial charge in [-0.2, -0.15) is 0 Å². The third-order valence-electron chi connectivity index (χ3n) is 2.53. The highest BCUT2D eigenvalue weighted by atomic mass is 16.2. The molecular formula is C15H19N3O3. The monoisotopic (exact) mass is 289 g/mol. The second-order valence-corrected chi connectivity index (χ2v) is 5.19. The van der Waals surface area contributed by atoms with Crippen LogP contribution in [0.25, 0.3) is 0 Å². The lowest BCUT2D eigenvalue weighted by molar-refractivity contribution is -0.119. The first-order valence-electron chi connectivity index (χ1n) is 6.50. The Bertz CT molecular complexity index is 568. The minimum Gasteiger partial charge on any atom is -0.395 e. The zero-order valence-electron chi connectivity index (χ0n) is 12.1. The van der Waals surface area contributed by atoms with Gasteiger partial charge in [0.25, 0.3) is 5.91 Å². The molecule has 1 aromatic heterocycles. The highest BCUT2D eigenvalue weighted by Crippen LogP contribution is 2.09. The highest BCUT2D eigenvalue weighted by molar-refractivity contribution is 5.93. The number of nitrogens with one attached hydrogen (secondary N) is 1. The van der Waals surface area contributed by atoms with Crippen LogP contribution in [0.2, 0.25) is 0 Å². The average Bonchev–Trinajstić information content (AvgIpc) is 2.37. The normalized spacial score (nSPS) is 10.4. The SMILES string of the molecule is CC(C)(CC(N)=O)NC(=O)c1ccc(C#CCCO)cn1. The number of nitrogens with zero attached hydrogens (tertiary/aromatic N) is 1. The van der Waals surface area contributed by atoms with Gasteiger partial charge in [-0.05, 0) is 26.0 Å². The van der Waals surface area contributed by atoms with Gasteiger partial charge in [0.1, 0.15) is 5.69 Å². The van der Waals surface area contributed by atoms with Crippen LogP contribution in [0.15, 0.2) is 18.3 Å². The lowest BCUT2D eigenvalue weighted by Gasteiger charge is -2.24. The van der Waals surface area contributed by atoms with Gasteiger partial charge in [-0.25, -0.2) is 4.98 Å². The van der Waals surface area contributed by atoms with Gasteiger partial charge >= 0.3 is 0 Å². The summed E-state index contributed by atoms with van der Waals surface area (Å²) >= 11 is 0. The summed E-state index contributed by atoms with van der Waals surface area (Å²) in [5, 5.41) is 11.3. The first kappa shape index (κ1) is 16.7. The van der Waals surface area contributed by atoms with Crippen molar-refractivity contribution in [3.63, 3.8) is 0 Å². The summed E-state index contributed by atoms with van der Waals surface area (Å²) in [7, 11) is 0. The number of nitrogens with two attached hydrogens (primary N) is 1. The number of aromatic nitrogens is 1. The van der Waals surface area contributed by atoms with Crippen LogP contribution in [0.5, 0.6) is 0 Å². The number of carbonyl (C=O) groups is 2. The molecule has 1 rings (SSSR count). The number of hydrogen-bond donors (Lipinski definition) is 3. The van der Waals surface area contributed by atoms with Crippen molar-refractivity contribution in [3.05, 3.63) is 29.6 Å². The van der Waals surface area contributed by atoms with E-state index in [9.17, 15) is 9.59 Å². The van der Waals surface area contributed by atoms with E-state index in [1.54, 1.807) is 26.0 Å². The lowest BCUT2D eigenvalue weighted by Crippen LogP contribution is -2.46. The molecule has 1 aromatic rings. The molecule has 0 fully saturated rings. The summed E-state index contributed by atoms with van der Waals surface area (Å²) in [6, 6.07) is 3.23. The standard InChI is InChI=1S/C15H19N3O3/c1-15(2,9-13(16)20)18-14(21)12-7-6-11(10-17-12)5-3-4-8-19/h6-7,10,19H,4,8-9H2,1-2H3,(H2,16,20)(H,18,21). The van der Waals surface area contributed by atoms with Gasteiger partial charge in [0, 0.05) is 30.1 Å². The molecule has 112 valence electrons. The number of primary amides is 1. The number of aliphatic hydroxyl groups is 1. The van der Waals surface area contributed by atoms with Crippen molar-refractivity contribution in [1.82, 2.24) is 10.3 Å². The van der Waals surface area contributed by atoms with Gasteiger partial charge in [0.05, 0.1) is 6.61 Å². The van der Waals surface area contributed by atoms with Crippen LogP contribution in [-0.2, 0) is 4.79 Å². The van der Waals surface area contributed by atoms with Crippen LogP contribution in [0.1, 0.15) is 42.7 Å². The van der Waals surface area contributed by atoms with Gasteiger partial charge in [0.2, 0.25) is 5.91 Å². The molecule has 0 radical (unpaired) electrons. The molecule has 0 saturated carbocycles. The van der Waals surface area contributed by atoms with Crippen molar-refractivity contribution in [3.8, 4) is 11.8 Å². The molecule has 0 aliphatic rings. The molecule has 4 N–H and O–H groups in total. The quantitative estimate of drug-likeness (QED) is 0.673. The van der Waals surface area contributed by atoms with Crippen molar-refractivity contribution in [2.75, 3.05) is 6.61 Å². The van der Waals surface area contributed by atoms with E-state index in [1.165, 1.54) is 6.20 Å². The topological polar surface area (TPSA) is 105 Å². The molecule has 0 saturated heterocycles. The van der Waals surface area contributed by atoms with Crippen LogP contribution in [0.4, 0.5) is 0 Å². The summed E-state index contributed by atoms with van der Waals surface area (Å²) in [6.07, 6.45) is 1.92. The number of pyridine rings is 1. The van der Waals surface area contributed by atoms with Crippen LogP contribution in [0, 0.1) is 11.8 Å². The third kappa shape index (κ3) is 6.06. The highest BCUT2D eigenvalue weighted by Gasteiger charge is 2.23. The van der Waals surface area contributed by atoms with E-state index < -0.39 is 11.4 Å². The predicted molar refractivity (Wildman–Crippen MR) is 78.2 cm³/mol. The minimum absolute atomic E-state index is 0.00979. The second kappa shape index (κ2) is 7.41. The van der Waals surface area contributed by atoms with Gasteiger partial charge in [-0.15, -0.1) is 0 Å². The Morgan fingerprint density at radius 1 is 1.43 bits per heavy atom. The fraction of sp³-hybridized carbons (Fsp3) is 0.400. The molecule has 2 amide bonds. The van der Waals surface area contributed by atoms with E-state index in [0.29, 0.717) is 12.0 Å². The maximum Gasteiger partial charge on any atom is 0.270 e. The number of aliphatic hydroxyl groups excluding tert-OH is 1. The summed E-state index contributed by atoms with van der Waals surface area (Å²) in [6.45, 7) is 3.44. The van der Waals surface area contributed by atoms with E-state index >= 15 is 0 Å². The van der Waals surface area contributed by atoms with Crippen LogP contribution >= 0.6 is 0 Å². The van der Waals surface area contributed by atoms with Crippen LogP contribution in [0.3, 0.4) is 0 Å². The molecule has 0 unspecified atom stereocenters. The van der Waals surface area contributed by atoms with E-state index in [4.69, 9.17) is 10.8 Å². The van der Waals surface area contributed by atoms with E-state index in [0.717, 1.165) is 0 Å². The largest absolute Gasteiger partial charge is 0.395 e. The Kier molecular flexibility index (Phi) is 5.88. The average molecular weight is 289 g/mol. The summed E-state index contributed by atoms with van der Waals surface area (Å²) in [4.78, 5) is 27.0. The molecule has 6 heteroatoms. The molecule has 6 nitrogen and oxygen atoms in total. The summed E-state index contributed by atoms with van der Waals surface area (Å²) in [5.41, 5.74) is 5.30. The van der Waals surface area contributed by atoms with E-state index in [-0.39, 0.29) is 24.6 Å². The van der Waals surface area contributed by atoms with Gasteiger partial charge in [-0.3, -0.25) is 9.59 Å². The summed E-state index contributed by atoms with van der Waals surface area (Å²) in [5.74, 6) is 4.73. The second-order valence-electron chi connectivity index (χ2n) is 5.19. The number of rotatable bonds is 5. The summed E-state index contributed by atoms with van der Waals surface area (Å²) < 4.78 is 0. The number of hydrogen-bond acceptors (Lipinski definition) is 4. The Labute approximate surface area is 123 Å². The fourth-order valence-corrected chi connectivity index (χ4v) is 1.67. The molecule has 0 aromatic carbocycles. The van der Waals surface area contributed by atoms with Crippen LogP contribution < -0.4 is 11.1 Å². The zero-order valence-corrected chi connectivity index (χ0v) is 12.1. The first-order valence-corrected chi connectivity index (χ1v) is 6.50. The minimum atomic E-state index is -0.732. The van der Waals surface area contributed by atoms with E-state index in [1.807, 2.05) is 0 Å².